The Bertz CT molecular complexity index is 621. The molecule has 0 saturated carbocycles. The van der Waals surface area contributed by atoms with Crippen molar-refractivity contribution in [2.75, 3.05) is 11.1 Å². The van der Waals surface area contributed by atoms with Crippen LogP contribution in [0.3, 0.4) is 0 Å². The number of carbonyl (C=O) groups is 1. The van der Waals surface area contributed by atoms with Crippen molar-refractivity contribution in [1.29, 1.82) is 0 Å². The zero-order valence-electron chi connectivity index (χ0n) is 11.5. The van der Waals surface area contributed by atoms with Gasteiger partial charge in [-0.25, -0.2) is 4.39 Å². The first kappa shape index (κ1) is 15.9. The quantitative estimate of drug-likeness (QED) is 0.846. The van der Waals surface area contributed by atoms with Gasteiger partial charge in [0.2, 0.25) is 5.91 Å². The molecular formula is C16H15ClFNOS. The van der Waals surface area contributed by atoms with Crippen molar-refractivity contribution in [3.63, 3.8) is 0 Å². The lowest BCUT2D eigenvalue weighted by molar-refractivity contribution is -0.113. The van der Waals surface area contributed by atoms with Crippen LogP contribution in [-0.4, -0.2) is 11.7 Å². The molecule has 0 spiro atoms. The molecule has 0 saturated heterocycles. The summed E-state index contributed by atoms with van der Waals surface area (Å²) in [6, 6.07) is 14.0. The first-order valence-electron chi connectivity index (χ1n) is 6.47. The number of amides is 1. The third-order valence-corrected chi connectivity index (χ3v) is 4.37. The summed E-state index contributed by atoms with van der Waals surface area (Å²) < 4.78 is 13.5. The highest BCUT2D eigenvalue weighted by Gasteiger charge is 2.11. The largest absolute Gasteiger partial charge is 0.323 e. The average Bonchev–Trinajstić information content (AvgIpc) is 2.49. The first-order valence-corrected chi connectivity index (χ1v) is 7.90. The van der Waals surface area contributed by atoms with E-state index in [-0.39, 0.29) is 22.6 Å². The van der Waals surface area contributed by atoms with E-state index in [0.29, 0.717) is 5.02 Å². The molecule has 110 valence electrons. The number of rotatable bonds is 5. The standard InChI is InChI=1S/C16H15ClFNOS/c1-11(12-5-3-2-4-6-12)21-10-16(20)19-15-9-13(17)7-8-14(15)18/h2-9,11H,10H2,1H3,(H,19,20)/t11-/m1/s1. The average molecular weight is 324 g/mol. The van der Waals surface area contributed by atoms with E-state index in [1.807, 2.05) is 37.3 Å². The summed E-state index contributed by atoms with van der Waals surface area (Å²) in [7, 11) is 0. The van der Waals surface area contributed by atoms with Crippen molar-refractivity contribution >= 4 is 35.0 Å². The lowest BCUT2D eigenvalue weighted by atomic mass is 10.2. The summed E-state index contributed by atoms with van der Waals surface area (Å²) in [6.45, 7) is 2.03. The summed E-state index contributed by atoms with van der Waals surface area (Å²) in [5.41, 5.74) is 1.27. The molecule has 0 radical (unpaired) electrons. The molecule has 21 heavy (non-hydrogen) atoms. The predicted octanol–water partition coefficient (Wildman–Crippen LogP) is 4.91. The number of carbonyl (C=O) groups excluding carboxylic acids is 1. The first-order chi connectivity index (χ1) is 10.1. The zero-order valence-corrected chi connectivity index (χ0v) is 13.0. The van der Waals surface area contributed by atoms with E-state index >= 15 is 0 Å². The van der Waals surface area contributed by atoms with E-state index in [1.54, 1.807) is 0 Å². The smallest absolute Gasteiger partial charge is 0.234 e. The molecule has 0 aliphatic carbocycles. The van der Waals surface area contributed by atoms with Crippen LogP contribution < -0.4 is 5.32 Å². The molecule has 1 amide bonds. The Morgan fingerprint density at radius 1 is 1.29 bits per heavy atom. The Labute approximate surface area is 132 Å². The molecule has 2 nitrogen and oxygen atoms in total. The van der Waals surface area contributed by atoms with E-state index in [0.717, 1.165) is 5.56 Å². The van der Waals surface area contributed by atoms with Gasteiger partial charge in [0.1, 0.15) is 5.82 Å². The minimum atomic E-state index is -0.492. The second-order valence-electron chi connectivity index (χ2n) is 4.54. The van der Waals surface area contributed by atoms with Crippen LogP contribution in [-0.2, 0) is 4.79 Å². The van der Waals surface area contributed by atoms with Crippen LogP contribution in [0.25, 0.3) is 0 Å². The molecular weight excluding hydrogens is 309 g/mol. The number of hydrogen-bond donors (Lipinski definition) is 1. The van der Waals surface area contributed by atoms with Crippen LogP contribution >= 0.6 is 23.4 Å². The van der Waals surface area contributed by atoms with Gasteiger partial charge >= 0.3 is 0 Å². The molecule has 0 unspecified atom stereocenters. The third-order valence-electron chi connectivity index (χ3n) is 2.94. The van der Waals surface area contributed by atoms with Crippen LogP contribution in [0.15, 0.2) is 48.5 Å². The molecule has 0 aromatic heterocycles. The molecule has 0 heterocycles. The Morgan fingerprint density at radius 2 is 2.00 bits per heavy atom. The van der Waals surface area contributed by atoms with E-state index in [1.165, 1.54) is 30.0 Å². The molecule has 0 fully saturated rings. The lowest BCUT2D eigenvalue weighted by Gasteiger charge is -2.12. The number of nitrogens with one attached hydrogen (secondary N) is 1. The van der Waals surface area contributed by atoms with Crippen LogP contribution in [0, 0.1) is 5.82 Å². The highest BCUT2D eigenvalue weighted by molar-refractivity contribution is 8.00. The van der Waals surface area contributed by atoms with Gasteiger partial charge in [0.05, 0.1) is 11.4 Å². The van der Waals surface area contributed by atoms with E-state index in [9.17, 15) is 9.18 Å². The third kappa shape index (κ3) is 4.76. The number of benzene rings is 2. The van der Waals surface area contributed by atoms with Gasteiger partial charge in [0.25, 0.3) is 0 Å². The fourth-order valence-electron chi connectivity index (χ4n) is 1.80. The van der Waals surface area contributed by atoms with Crippen molar-refractivity contribution < 1.29 is 9.18 Å². The Hall–Kier alpha value is -1.52. The molecule has 1 N–H and O–H groups in total. The molecule has 2 aromatic carbocycles. The monoisotopic (exact) mass is 323 g/mol. The maximum Gasteiger partial charge on any atom is 0.234 e. The molecule has 0 aliphatic heterocycles. The van der Waals surface area contributed by atoms with E-state index in [2.05, 4.69) is 5.32 Å². The highest BCUT2D eigenvalue weighted by atomic mass is 35.5. The molecule has 5 heteroatoms. The van der Waals surface area contributed by atoms with Crippen LogP contribution in [0.1, 0.15) is 17.7 Å². The van der Waals surface area contributed by atoms with Crippen LogP contribution in [0.5, 0.6) is 0 Å². The van der Waals surface area contributed by atoms with Gasteiger partial charge in [-0.2, -0.15) is 0 Å². The highest BCUT2D eigenvalue weighted by Crippen LogP contribution is 2.28. The minimum absolute atomic E-state index is 0.112. The van der Waals surface area contributed by atoms with Gasteiger partial charge in [-0.15, -0.1) is 11.8 Å². The summed E-state index contributed by atoms with van der Waals surface area (Å²) in [4.78, 5) is 11.9. The number of anilines is 1. The van der Waals surface area contributed by atoms with Gasteiger partial charge < -0.3 is 5.32 Å². The fourth-order valence-corrected chi connectivity index (χ4v) is 2.80. The topological polar surface area (TPSA) is 29.1 Å². The number of thioether (sulfide) groups is 1. The predicted molar refractivity (Wildman–Crippen MR) is 87.4 cm³/mol. The molecule has 0 bridgehead atoms. The van der Waals surface area contributed by atoms with Gasteiger partial charge in [-0.3, -0.25) is 4.79 Å². The van der Waals surface area contributed by atoms with Crippen LogP contribution in [0.4, 0.5) is 10.1 Å². The van der Waals surface area contributed by atoms with E-state index in [4.69, 9.17) is 11.6 Å². The van der Waals surface area contributed by atoms with E-state index < -0.39 is 5.82 Å². The van der Waals surface area contributed by atoms with Crippen molar-refractivity contribution in [3.8, 4) is 0 Å². The Kier molecular flexibility index (Phi) is 5.65. The minimum Gasteiger partial charge on any atom is -0.323 e. The molecule has 2 aromatic rings. The van der Waals surface area contributed by atoms with Crippen molar-refractivity contribution in [3.05, 3.63) is 64.9 Å². The number of hydrogen-bond acceptors (Lipinski definition) is 2. The lowest BCUT2D eigenvalue weighted by Crippen LogP contribution is -2.15. The summed E-state index contributed by atoms with van der Waals surface area (Å²) in [5.74, 6) is -0.486. The zero-order chi connectivity index (χ0) is 15.2. The Morgan fingerprint density at radius 3 is 2.71 bits per heavy atom. The summed E-state index contributed by atoms with van der Waals surface area (Å²) in [5, 5.41) is 3.12. The van der Waals surface area contributed by atoms with Crippen molar-refractivity contribution in [2.45, 2.75) is 12.2 Å². The van der Waals surface area contributed by atoms with Gasteiger partial charge in [0, 0.05) is 10.3 Å². The molecule has 2 rings (SSSR count). The second kappa shape index (κ2) is 7.48. The maximum atomic E-state index is 13.5. The van der Waals surface area contributed by atoms with Gasteiger partial charge in [0.15, 0.2) is 0 Å². The molecule has 1 atom stereocenters. The van der Waals surface area contributed by atoms with Gasteiger partial charge in [-0.05, 0) is 30.7 Å². The van der Waals surface area contributed by atoms with Gasteiger partial charge in [-0.1, -0.05) is 41.9 Å². The normalized spacial score (nSPS) is 12.0. The van der Waals surface area contributed by atoms with Crippen molar-refractivity contribution in [2.24, 2.45) is 0 Å². The molecule has 0 aliphatic rings. The summed E-state index contributed by atoms with van der Waals surface area (Å²) in [6.07, 6.45) is 0. The second-order valence-corrected chi connectivity index (χ2v) is 6.30. The summed E-state index contributed by atoms with van der Waals surface area (Å²) >= 11 is 7.28. The van der Waals surface area contributed by atoms with Crippen LogP contribution in [0.2, 0.25) is 5.02 Å². The fraction of sp³-hybridized carbons (Fsp3) is 0.188. The number of halogens is 2. The Balaban J connectivity index is 1.89. The van der Waals surface area contributed by atoms with Crippen molar-refractivity contribution in [1.82, 2.24) is 0 Å². The maximum absolute atomic E-state index is 13.5. The SMILES string of the molecule is C[C@@H](SCC(=O)Nc1cc(Cl)ccc1F)c1ccccc1.